The predicted molar refractivity (Wildman–Crippen MR) is 65.4 cm³/mol. The molecule has 1 unspecified atom stereocenters. The normalized spacial score (nSPS) is 18.4. The van der Waals surface area contributed by atoms with Crippen molar-refractivity contribution < 1.29 is 17.9 Å². The lowest BCUT2D eigenvalue weighted by molar-refractivity contribution is -0.138. The zero-order chi connectivity index (χ0) is 13.2. The molecule has 1 aliphatic rings. The third-order valence-corrected chi connectivity index (χ3v) is 4.08. The van der Waals surface area contributed by atoms with E-state index in [2.05, 4.69) is 0 Å². The molecule has 1 saturated heterocycles. The molecular weight excluding hydrogens is 263 g/mol. The second-order valence-electron chi connectivity index (χ2n) is 4.18. The van der Waals surface area contributed by atoms with Gasteiger partial charge in [0, 0.05) is 11.8 Å². The summed E-state index contributed by atoms with van der Waals surface area (Å²) in [7, 11) is 0. The second kappa shape index (κ2) is 5.50. The first-order valence-electron chi connectivity index (χ1n) is 5.59. The zero-order valence-electron chi connectivity index (χ0n) is 9.61. The van der Waals surface area contributed by atoms with Crippen molar-refractivity contribution in [3.05, 3.63) is 35.4 Å². The fourth-order valence-corrected chi connectivity index (χ4v) is 2.76. The lowest BCUT2D eigenvalue weighted by atomic mass is 10.0. The van der Waals surface area contributed by atoms with Crippen LogP contribution in [0.2, 0.25) is 0 Å². The van der Waals surface area contributed by atoms with E-state index in [0.29, 0.717) is 24.2 Å². The molecule has 0 radical (unpaired) electrons. The van der Waals surface area contributed by atoms with E-state index >= 15 is 0 Å². The summed E-state index contributed by atoms with van der Waals surface area (Å²) in [6.45, 7) is 1.33. The molecule has 18 heavy (non-hydrogen) atoms. The molecule has 2 N–H and O–H groups in total. The number of thioether (sulfide) groups is 1. The quantitative estimate of drug-likeness (QED) is 0.919. The van der Waals surface area contributed by atoms with Gasteiger partial charge >= 0.3 is 6.18 Å². The molecule has 1 aliphatic heterocycles. The Kier molecular flexibility index (Phi) is 4.19. The van der Waals surface area contributed by atoms with Gasteiger partial charge in [-0.1, -0.05) is 18.2 Å². The smallest absolute Gasteiger partial charge is 0.379 e. The van der Waals surface area contributed by atoms with Crippen molar-refractivity contribution in [3.8, 4) is 0 Å². The van der Waals surface area contributed by atoms with Gasteiger partial charge < -0.3 is 10.5 Å². The molecule has 1 atom stereocenters. The molecule has 0 bridgehead atoms. The number of rotatable bonds is 4. The number of hydrogen-bond donors (Lipinski definition) is 1. The van der Waals surface area contributed by atoms with Gasteiger partial charge in [-0.3, -0.25) is 0 Å². The molecule has 6 heteroatoms. The van der Waals surface area contributed by atoms with E-state index in [9.17, 15) is 13.2 Å². The summed E-state index contributed by atoms with van der Waals surface area (Å²) in [6.07, 6.45) is -4.35. The van der Waals surface area contributed by atoms with E-state index in [1.807, 2.05) is 0 Å². The number of halogens is 3. The first-order chi connectivity index (χ1) is 8.48. The largest absolute Gasteiger partial charge is 0.416 e. The van der Waals surface area contributed by atoms with Gasteiger partial charge in [-0.05, 0) is 11.6 Å². The summed E-state index contributed by atoms with van der Waals surface area (Å²) in [5.74, 6) is 0.473. The Morgan fingerprint density at radius 1 is 1.33 bits per heavy atom. The number of nitrogens with two attached hydrogens (primary N) is 1. The average molecular weight is 277 g/mol. The monoisotopic (exact) mass is 277 g/mol. The summed E-state index contributed by atoms with van der Waals surface area (Å²) in [5.41, 5.74) is 5.39. The molecule has 0 aromatic heterocycles. The summed E-state index contributed by atoms with van der Waals surface area (Å²) >= 11 is 1.57. The number of benzene rings is 1. The zero-order valence-corrected chi connectivity index (χ0v) is 10.4. The SMILES string of the molecule is NC(CSC1COC1)c1ccccc1C(F)(F)F. The van der Waals surface area contributed by atoms with Crippen LogP contribution in [0, 0.1) is 0 Å². The van der Waals surface area contributed by atoms with Crippen LogP contribution in [0.5, 0.6) is 0 Å². The fourth-order valence-electron chi connectivity index (χ4n) is 1.72. The van der Waals surface area contributed by atoms with Gasteiger partial charge in [0.05, 0.1) is 24.0 Å². The highest BCUT2D eigenvalue weighted by molar-refractivity contribution is 8.00. The van der Waals surface area contributed by atoms with Crippen molar-refractivity contribution in [2.45, 2.75) is 17.5 Å². The van der Waals surface area contributed by atoms with Crippen LogP contribution in [-0.4, -0.2) is 24.2 Å². The minimum Gasteiger partial charge on any atom is -0.379 e. The lowest BCUT2D eigenvalue weighted by Crippen LogP contribution is -2.32. The molecule has 2 nitrogen and oxygen atoms in total. The first kappa shape index (κ1) is 13.7. The van der Waals surface area contributed by atoms with Crippen LogP contribution in [0.25, 0.3) is 0 Å². The number of alkyl halides is 3. The maximum absolute atomic E-state index is 12.8. The van der Waals surface area contributed by atoms with Gasteiger partial charge in [-0.2, -0.15) is 24.9 Å². The van der Waals surface area contributed by atoms with Crippen molar-refractivity contribution >= 4 is 11.8 Å². The number of hydrogen-bond acceptors (Lipinski definition) is 3. The molecule has 1 aromatic carbocycles. The standard InChI is InChI=1S/C12H14F3NOS/c13-12(14,15)10-4-2-1-3-9(10)11(16)7-18-8-5-17-6-8/h1-4,8,11H,5-7,16H2. The minimum absolute atomic E-state index is 0.165. The first-order valence-corrected chi connectivity index (χ1v) is 6.64. The van der Waals surface area contributed by atoms with Gasteiger partial charge in [0.25, 0.3) is 0 Å². The Balaban J connectivity index is 2.06. The van der Waals surface area contributed by atoms with Crippen LogP contribution in [0.15, 0.2) is 24.3 Å². The Morgan fingerprint density at radius 2 is 2.00 bits per heavy atom. The van der Waals surface area contributed by atoms with Crippen LogP contribution < -0.4 is 5.73 Å². The van der Waals surface area contributed by atoms with E-state index in [-0.39, 0.29) is 5.56 Å². The van der Waals surface area contributed by atoms with Crippen molar-refractivity contribution in [2.24, 2.45) is 5.73 Å². The van der Waals surface area contributed by atoms with Crippen molar-refractivity contribution in [1.29, 1.82) is 0 Å². The van der Waals surface area contributed by atoms with Gasteiger partial charge in [0.1, 0.15) is 0 Å². The molecule has 2 rings (SSSR count). The second-order valence-corrected chi connectivity index (χ2v) is 5.52. The highest BCUT2D eigenvalue weighted by Gasteiger charge is 2.34. The molecular formula is C12H14F3NOS. The van der Waals surface area contributed by atoms with Crippen LogP contribution in [0.4, 0.5) is 13.2 Å². The van der Waals surface area contributed by atoms with Gasteiger partial charge in [-0.15, -0.1) is 0 Å². The lowest BCUT2D eigenvalue weighted by Gasteiger charge is -2.27. The van der Waals surface area contributed by atoms with Crippen LogP contribution in [0.1, 0.15) is 17.2 Å². The third kappa shape index (κ3) is 3.18. The average Bonchev–Trinajstić information content (AvgIpc) is 2.25. The topological polar surface area (TPSA) is 35.2 Å². The summed E-state index contributed by atoms with van der Waals surface area (Å²) in [4.78, 5) is 0. The predicted octanol–water partition coefficient (Wildman–Crippen LogP) is 2.84. The molecule has 1 heterocycles. The van der Waals surface area contributed by atoms with E-state index in [1.165, 1.54) is 12.1 Å². The summed E-state index contributed by atoms with van der Waals surface area (Å²) in [5, 5.41) is 0.370. The Morgan fingerprint density at radius 3 is 2.56 bits per heavy atom. The Labute approximate surface area is 108 Å². The van der Waals surface area contributed by atoms with Crippen LogP contribution >= 0.6 is 11.8 Å². The molecule has 0 amide bonds. The van der Waals surface area contributed by atoms with Crippen molar-refractivity contribution in [1.82, 2.24) is 0 Å². The Hall–Kier alpha value is -0.720. The third-order valence-electron chi connectivity index (χ3n) is 2.78. The van der Waals surface area contributed by atoms with E-state index in [0.717, 1.165) is 6.07 Å². The summed E-state index contributed by atoms with van der Waals surface area (Å²) in [6, 6.07) is 4.89. The van der Waals surface area contributed by atoms with Gasteiger partial charge in [0.2, 0.25) is 0 Å². The van der Waals surface area contributed by atoms with Crippen LogP contribution in [0.3, 0.4) is 0 Å². The minimum atomic E-state index is -4.35. The molecule has 1 fully saturated rings. The van der Waals surface area contributed by atoms with E-state index in [4.69, 9.17) is 10.5 Å². The summed E-state index contributed by atoms with van der Waals surface area (Å²) < 4.78 is 43.4. The highest BCUT2D eigenvalue weighted by atomic mass is 32.2. The molecule has 0 aliphatic carbocycles. The Bertz CT molecular complexity index is 407. The molecule has 0 spiro atoms. The van der Waals surface area contributed by atoms with E-state index in [1.54, 1.807) is 17.8 Å². The maximum atomic E-state index is 12.8. The fraction of sp³-hybridized carbons (Fsp3) is 0.500. The van der Waals surface area contributed by atoms with Crippen LogP contribution in [-0.2, 0) is 10.9 Å². The molecule has 1 aromatic rings. The van der Waals surface area contributed by atoms with Crippen molar-refractivity contribution in [2.75, 3.05) is 19.0 Å². The van der Waals surface area contributed by atoms with Gasteiger partial charge in [-0.25, -0.2) is 0 Å². The van der Waals surface area contributed by atoms with Gasteiger partial charge in [0.15, 0.2) is 0 Å². The highest BCUT2D eigenvalue weighted by Crippen LogP contribution is 2.35. The maximum Gasteiger partial charge on any atom is 0.416 e. The van der Waals surface area contributed by atoms with Crippen molar-refractivity contribution in [3.63, 3.8) is 0 Å². The number of ether oxygens (including phenoxy) is 1. The van der Waals surface area contributed by atoms with E-state index < -0.39 is 17.8 Å². The molecule has 0 saturated carbocycles. The molecule has 100 valence electrons.